The van der Waals surface area contributed by atoms with Crippen LogP contribution in [0.4, 0.5) is 0 Å². The van der Waals surface area contributed by atoms with Gasteiger partial charge in [0.05, 0.1) is 12.1 Å². The zero-order chi connectivity index (χ0) is 13.8. The van der Waals surface area contributed by atoms with E-state index >= 15 is 0 Å². The lowest BCUT2D eigenvalue weighted by Crippen LogP contribution is -2.27. The first-order valence-corrected chi connectivity index (χ1v) is 7.53. The van der Waals surface area contributed by atoms with Crippen LogP contribution in [0.3, 0.4) is 0 Å². The van der Waals surface area contributed by atoms with E-state index in [9.17, 15) is 0 Å². The van der Waals surface area contributed by atoms with E-state index in [1.54, 1.807) is 0 Å². The summed E-state index contributed by atoms with van der Waals surface area (Å²) >= 11 is 0. The second-order valence-electron chi connectivity index (χ2n) is 6.38. The zero-order valence-electron chi connectivity index (χ0n) is 12.7. The number of aromatic nitrogens is 4. The number of tetrazole rings is 1. The lowest BCUT2D eigenvalue weighted by atomic mass is 9.95. The molecule has 5 nitrogen and oxygen atoms in total. The van der Waals surface area contributed by atoms with Crippen molar-refractivity contribution in [2.45, 2.75) is 64.5 Å². The minimum Gasteiger partial charge on any atom is -0.300 e. The van der Waals surface area contributed by atoms with Crippen molar-refractivity contribution in [2.75, 3.05) is 14.1 Å². The fraction of sp³-hybridized carbons (Fsp3) is 0.929. The lowest BCUT2D eigenvalue weighted by Gasteiger charge is -2.28. The van der Waals surface area contributed by atoms with Gasteiger partial charge in [0, 0.05) is 0 Å². The van der Waals surface area contributed by atoms with E-state index in [2.05, 4.69) is 53.0 Å². The molecule has 1 saturated carbocycles. The molecule has 0 amide bonds. The van der Waals surface area contributed by atoms with Gasteiger partial charge in [0.2, 0.25) is 0 Å². The predicted molar refractivity (Wildman–Crippen MR) is 75.8 cm³/mol. The number of rotatable bonds is 5. The summed E-state index contributed by atoms with van der Waals surface area (Å²) in [5.41, 5.74) is 0. The number of nitrogens with zero attached hydrogens (tertiary/aromatic N) is 5. The van der Waals surface area contributed by atoms with Gasteiger partial charge in [0.15, 0.2) is 5.82 Å². The van der Waals surface area contributed by atoms with Crippen molar-refractivity contribution in [2.24, 2.45) is 5.92 Å². The second-order valence-corrected chi connectivity index (χ2v) is 6.38. The van der Waals surface area contributed by atoms with Gasteiger partial charge in [0.1, 0.15) is 0 Å². The summed E-state index contributed by atoms with van der Waals surface area (Å²) in [5.74, 6) is 1.69. The summed E-state index contributed by atoms with van der Waals surface area (Å²) in [6.45, 7) is 4.51. The Labute approximate surface area is 116 Å². The van der Waals surface area contributed by atoms with Gasteiger partial charge in [-0.05, 0) is 49.7 Å². The van der Waals surface area contributed by atoms with Crippen LogP contribution < -0.4 is 0 Å². The molecule has 19 heavy (non-hydrogen) atoms. The highest BCUT2D eigenvalue weighted by Gasteiger charge is 2.26. The second kappa shape index (κ2) is 6.46. The zero-order valence-corrected chi connectivity index (χ0v) is 12.7. The molecule has 0 bridgehead atoms. The van der Waals surface area contributed by atoms with E-state index in [1.807, 2.05) is 0 Å². The van der Waals surface area contributed by atoms with E-state index in [-0.39, 0.29) is 0 Å². The van der Waals surface area contributed by atoms with E-state index < -0.39 is 0 Å². The molecular formula is C14H27N5. The molecule has 1 aliphatic carbocycles. The average Bonchev–Trinajstić information content (AvgIpc) is 2.85. The Morgan fingerprint density at radius 3 is 2.47 bits per heavy atom. The molecule has 1 fully saturated rings. The van der Waals surface area contributed by atoms with Crippen LogP contribution in [0.1, 0.15) is 70.3 Å². The van der Waals surface area contributed by atoms with Crippen molar-refractivity contribution in [1.29, 1.82) is 0 Å². The van der Waals surface area contributed by atoms with Gasteiger partial charge in [0.25, 0.3) is 0 Å². The van der Waals surface area contributed by atoms with Gasteiger partial charge in [-0.25, -0.2) is 4.68 Å². The van der Waals surface area contributed by atoms with Crippen molar-refractivity contribution in [3.8, 4) is 0 Å². The first-order valence-electron chi connectivity index (χ1n) is 7.53. The molecular weight excluding hydrogens is 238 g/mol. The Hall–Kier alpha value is -0.970. The van der Waals surface area contributed by atoms with Gasteiger partial charge in [-0.15, -0.1) is 5.10 Å². The molecule has 0 radical (unpaired) electrons. The summed E-state index contributed by atoms with van der Waals surface area (Å²) in [5, 5.41) is 12.5. The predicted octanol–water partition coefficient (Wildman–Crippen LogP) is 2.83. The summed E-state index contributed by atoms with van der Waals surface area (Å²) in [6.07, 6.45) is 7.51. The molecule has 1 heterocycles. The van der Waals surface area contributed by atoms with Crippen LogP contribution in [0.5, 0.6) is 0 Å². The highest BCUT2D eigenvalue weighted by atomic mass is 15.6. The van der Waals surface area contributed by atoms with Crippen LogP contribution in [0.2, 0.25) is 0 Å². The molecule has 0 N–H and O–H groups in total. The smallest absolute Gasteiger partial charge is 0.168 e. The Balaban J connectivity index is 2.20. The first-order chi connectivity index (χ1) is 9.09. The van der Waals surface area contributed by atoms with Crippen molar-refractivity contribution in [3.63, 3.8) is 0 Å². The normalized spacial score (nSPS) is 19.3. The van der Waals surface area contributed by atoms with Gasteiger partial charge in [-0.2, -0.15) is 0 Å². The third-order valence-corrected chi connectivity index (χ3v) is 4.05. The molecule has 0 saturated heterocycles. The maximum Gasteiger partial charge on any atom is 0.168 e. The van der Waals surface area contributed by atoms with Crippen LogP contribution in [0.15, 0.2) is 0 Å². The Kier molecular flexibility index (Phi) is 4.91. The molecule has 0 spiro atoms. The van der Waals surface area contributed by atoms with Crippen molar-refractivity contribution < 1.29 is 0 Å². The standard InChI is InChI=1S/C14H27N5/c1-11(2)10-13(18(3)4)14-15-16-17-19(14)12-8-6-5-7-9-12/h11-13H,5-10H2,1-4H3. The van der Waals surface area contributed by atoms with Crippen molar-refractivity contribution in [1.82, 2.24) is 25.1 Å². The van der Waals surface area contributed by atoms with Crippen molar-refractivity contribution in [3.05, 3.63) is 5.82 Å². The Morgan fingerprint density at radius 2 is 1.89 bits per heavy atom. The van der Waals surface area contributed by atoms with Crippen LogP contribution in [0.25, 0.3) is 0 Å². The molecule has 108 valence electrons. The van der Waals surface area contributed by atoms with E-state index in [0.29, 0.717) is 18.0 Å². The quantitative estimate of drug-likeness (QED) is 0.821. The minimum absolute atomic E-state index is 0.317. The molecule has 1 aromatic rings. The molecule has 1 aromatic heterocycles. The van der Waals surface area contributed by atoms with Crippen molar-refractivity contribution >= 4 is 0 Å². The number of hydrogen-bond donors (Lipinski definition) is 0. The third-order valence-electron chi connectivity index (χ3n) is 4.05. The SMILES string of the molecule is CC(C)CC(c1nnnn1C1CCCCC1)N(C)C. The van der Waals surface area contributed by atoms with Gasteiger partial charge < -0.3 is 0 Å². The highest BCUT2D eigenvalue weighted by Crippen LogP contribution is 2.31. The summed E-state index contributed by atoms with van der Waals surface area (Å²) in [6, 6.07) is 0.824. The summed E-state index contributed by atoms with van der Waals surface area (Å²) in [4.78, 5) is 2.24. The Morgan fingerprint density at radius 1 is 1.21 bits per heavy atom. The maximum atomic E-state index is 4.33. The molecule has 5 heteroatoms. The van der Waals surface area contributed by atoms with E-state index in [0.717, 1.165) is 12.2 Å². The molecule has 0 aliphatic heterocycles. The van der Waals surface area contributed by atoms with Crippen LogP contribution >= 0.6 is 0 Å². The first kappa shape index (κ1) is 14.4. The third kappa shape index (κ3) is 3.53. The maximum absolute atomic E-state index is 4.33. The van der Waals surface area contributed by atoms with Crippen LogP contribution in [-0.4, -0.2) is 39.2 Å². The van der Waals surface area contributed by atoms with Gasteiger partial charge in [-0.3, -0.25) is 4.90 Å². The minimum atomic E-state index is 0.317. The fourth-order valence-corrected chi connectivity index (χ4v) is 3.00. The van der Waals surface area contributed by atoms with E-state index in [1.165, 1.54) is 32.1 Å². The van der Waals surface area contributed by atoms with Crippen LogP contribution in [0, 0.1) is 5.92 Å². The topological polar surface area (TPSA) is 46.8 Å². The monoisotopic (exact) mass is 265 g/mol. The average molecular weight is 265 g/mol. The summed E-state index contributed by atoms with van der Waals surface area (Å²) < 4.78 is 2.10. The molecule has 0 aromatic carbocycles. The van der Waals surface area contributed by atoms with Gasteiger partial charge >= 0.3 is 0 Å². The van der Waals surface area contributed by atoms with Crippen LogP contribution in [-0.2, 0) is 0 Å². The molecule has 1 atom stereocenters. The molecule has 2 rings (SSSR count). The molecule has 1 unspecified atom stereocenters. The lowest BCUT2D eigenvalue weighted by molar-refractivity contribution is 0.224. The summed E-state index contributed by atoms with van der Waals surface area (Å²) in [7, 11) is 4.24. The largest absolute Gasteiger partial charge is 0.300 e. The van der Waals surface area contributed by atoms with Gasteiger partial charge in [-0.1, -0.05) is 33.1 Å². The fourth-order valence-electron chi connectivity index (χ4n) is 3.00. The molecule has 1 aliphatic rings. The van der Waals surface area contributed by atoms with E-state index in [4.69, 9.17) is 0 Å². The Bertz CT molecular complexity index is 379. The highest BCUT2D eigenvalue weighted by molar-refractivity contribution is 4.95. The number of hydrogen-bond acceptors (Lipinski definition) is 4.